The van der Waals surface area contributed by atoms with E-state index in [0.717, 1.165) is 23.0 Å². The molecule has 0 aliphatic carbocycles. The number of H-pyrrole nitrogens is 2. The van der Waals surface area contributed by atoms with Crippen molar-refractivity contribution in [2.45, 2.75) is 55.4 Å². The van der Waals surface area contributed by atoms with Gasteiger partial charge in [-0.1, -0.05) is 27.7 Å². The van der Waals surface area contributed by atoms with E-state index in [9.17, 15) is 0 Å². The van der Waals surface area contributed by atoms with Gasteiger partial charge in [-0.2, -0.15) is 0 Å². The van der Waals surface area contributed by atoms with E-state index >= 15 is 0 Å². The van der Waals surface area contributed by atoms with E-state index in [-0.39, 0.29) is 73.8 Å². The fourth-order valence-electron chi connectivity index (χ4n) is 1.09. The van der Waals surface area contributed by atoms with Crippen LogP contribution in [-0.4, -0.2) is 36.8 Å². The Morgan fingerprint density at radius 1 is 0.625 bits per heavy atom. The number of hydrogen-bond donors (Lipinski definition) is 2. The van der Waals surface area contributed by atoms with Crippen LogP contribution in [0.4, 0.5) is 0 Å². The number of aromatic nitrogens is 4. The summed E-state index contributed by atoms with van der Waals surface area (Å²) in [5.74, 6) is 1.97. The van der Waals surface area contributed by atoms with Crippen LogP contribution in [0.15, 0.2) is 12.4 Å². The average Bonchev–Trinajstić information content (AvgIpc) is 2.93. The summed E-state index contributed by atoms with van der Waals surface area (Å²) in [7, 11) is 0. The summed E-state index contributed by atoms with van der Waals surface area (Å²) in [6, 6.07) is 0. The third-order valence-corrected chi connectivity index (χ3v) is 1.66. The summed E-state index contributed by atoms with van der Waals surface area (Å²) in [6.45, 7) is 15.8. The molecule has 0 fully saturated rings. The van der Waals surface area contributed by atoms with Crippen molar-refractivity contribution in [3.8, 4) is 0 Å². The van der Waals surface area contributed by atoms with Crippen molar-refractivity contribution in [3.63, 3.8) is 0 Å². The van der Waals surface area contributed by atoms with Gasteiger partial charge in [-0.05, 0) is 27.7 Å². The van der Waals surface area contributed by atoms with E-state index in [1.807, 2.05) is 67.8 Å². The first-order valence-electron chi connectivity index (χ1n) is 6.54. The van der Waals surface area contributed by atoms with Crippen LogP contribution in [-0.2, 0) is 42.1 Å². The van der Waals surface area contributed by atoms with Crippen LogP contribution < -0.4 is 0 Å². The summed E-state index contributed by atoms with van der Waals surface area (Å²) in [6.07, 6.45) is 3.63. The van der Waals surface area contributed by atoms with Gasteiger partial charge in [0.05, 0.1) is 0 Å². The van der Waals surface area contributed by atoms with E-state index in [1.54, 1.807) is 0 Å². The largest absolute Gasteiger partial charge is 0.358 e. The molecule has 0 atom stereocenters. The Kier molecular flexibility index (Phi) is 70.9. The number of nitrogens with zero attached hydrogens (tertiary/aromatic N) is 2. The molecule has 138 valence electrons. The van der Waals surface area contributed by atoms with Crippen LogP contribution in [0.25, 0.3) is 0 Å². The zero-order chi connectivity index (χ0) is 14.6. The van der Waals surface area contributed by atoms with E-state index in [0.29, 0.717) is 0 Å². The van der Waals surface area contributed by atoms with Crippen LogP contribution in [0.2, 0.25) is 0 Å². The van der Waals surface area contributed by atoms with E-state index < -0.39 is 0 Å². The number of hydrogen-bond acceptors (Lipinski definition) is 2. The van der Waals surface area contributed by atoms with E-state index in [1.165, 1.54) is 0 Å². The van der Waals surface area contributed by atoms with Crippen LogP contribution in [0.1, 0.15) is 50.7 Å². The average molecular weight is 672 g/mol. The van der Waals surface area contributed by atoms with Gasteiger partial charge in [0, 0.05) is 82.7 Å². The molecule has 0 saturated carbocycles. The molecule has 2 aromatic rings. The molecule has 24 heavy (non-hydrogen) atoms. The molecule has 2 aromatic heterocycles. The molecule has 0 spiro atoms. The molecule has 4 nitrogen and oxygen atoms in total. The van der Waals surface area contributed by atoms with Gasteiger partial charge in [-0.15, -0.1) is 0 Å². The number of aryl methyl sites for hydroxylation is 4. The Morgan fingerprint density at radius 3 is 0.875 bits per heavy atom. The summed E-state index contributed by atoms with van der Waals surface area (Å²) < 4.78 is 0. The molecule has 0 amide bonds. The normalized spacial score (nSPS) is 6.00. The van der Waals surface area contributed by atoms with Crippen molar-refractivity contribution in [2.75, 3.05) is 0 Å². The molecule has 0 unspecified atom stereocenters. The van der Waals surface area contributed by atoms with Gasteiger partial charge >= 0.3 is 0 Å². The molecule has 8 heteroatoms. The fraction of sp³-hybridized carbons (Fsp3) is 0.500. The maximum absolute atomic E-state index is 3.96. The first-order valence-corrected chi connectivity index (χ1v) is 6.54. The fourth-order valence-corrected chi connectivity index (χ4v) is 1.09. The predicted molar refractivity (Wildman–Crippen MR) is 103 cm³/mol. The Balaban J connectivity index is -0.0000000244. The predicted octanol–water partition coefficient (Wildman–Crippen LogP) is 4.24. The van der Waals surface area contributed by atoms with Gasteiger partial charge in [0.15, 0.2) is 0 Å². The Labute approximate surface area is 183 Å². The third kappa shape index (κ3) is 29.9. The summed E-state index contributed by atoms with van der Waals surface area (Å²) in [5, 5.41) is 0. The maximum atomic E-state index is 3.96. The molecule has 2 N–H and O–H groups in total. The molecule has 0 aromatic carbocycles. The smallest absolute Gasteiger partial charge is 0.103 e. The zero-order valence-corrected chi connectivity index (χ0v) is 22.9. The van der Waals surface area contributed by atoms with Gasteiger partial charge in [-0.3, -0.25) is 0 Å². The van der Waals surface area contributed by atoms with Crippen molar-refractivity contribution in [1.82, 2.24) is 19.9 Å². The number of aromatic amines is 2. The SMILES string of the molecule is CC.CC.Cc1cnc(C)[nH]1.Cc1cnc(C)[nH]1.[B].[B].[CH3-].[CH3-].[W].[W]. The minimum atomic E-state index is 0. The second kappa shape index (κ2) is 34.3. The Hall–Kier alpha value is -0.0735. The number of rotatable bonds is 0. The topological polar surface area (TPSA) is 57.4 Å². The molecular weight excluding hydrogens is 638 g/mol. The van der Waals surface area contributed by atoms with Crippen LogP contribution in [0, 0.1) is 42.5 Å². The van der Waals surface area contributed by atoms with Gasteiger partial charge < -0.3 is 24.8 Å². The van der Waals surface area contributed by atoms with Crippen LogP contribution in [0.5, 0.6) is 0 Å². The standard InChI is InChI=1S/2C5H8N2.2C2H6.2CH3.2B.2W/c2*1-4-3-6-5(2)7-4;2*1-2;;;;;;/h2*3H,1-2H3,(H,6,7);2*1-2H3;2*1H3;;;;/q;;;;2*-1;;;;. The first-order chi connectivity index (χ1) is 8.58. The van der Waals surface area contributed by atoms with Crippen molar-refractivity contribution in [2.24, 2.45) is 0 Å². The van der Waals surface area contributed by atoms with Gasteiger partial charge in [0.1, 0.15) is 11.6 Å². The molecule has 0 aliphatic heterocycles. The molecule has 2 rings (SSSR count). The van der Waals surface area contributed by atoms with Crippen LogP contribution in [0.3, 0.4) is 0 Å². The van der Waals surface area contributed by atoms with Gasteiger partial charge in [0.25, 0.3) is 0 Å². The quantitative estimate of drug-likeness (QED) is 0.326. The minimum absolute atomic E-state index is 0. The van der Waals surface area contributed by atoms with E-state index in [2.05, 4.69) is 19.9 Å². The van der Waals surface area contributed by atoms with Gasteiger partial charge in [-0.25, -0.2) is 9.97 Å². The minimum Gasteiger partial charge on any atom is -0.358 e. The van der Waals surface area contributed by atoms with Crippen molar-refractivity contribution in [3.05, 3.63) is 50.3 Å². The molecule has 0 aliphatic rings. The number of imidazole rings is 2. The molecular formula is C16H34B2N4W2-2. The van der Waals surface area contributed by atoms with Gasteiger partial charge in [0.2, 0.25) is 0 Å². The van der Waals surface area contributed by atoms with Crippen molar-refractivity contribution < 1.29 is 42.1 Å². The Bertz CT molecular complexity index is 337. The Morgan fingerprint density at radius 2 is 0.833 bits per heavy atom. The molecule has 2 heterocycles. The summed E-state index contributed by atoms with van der Waals surface area (Å²) in [5.41, 5.74) is 2.25. The monoisotopic (exact) mass is 672 g/mol. The van der Waals surface area contributed by atoms with Crippen molar-refractivity contribution in [1.29, 1.82) is 0 Å². The summed E-state index contributed by atoms with van der Waals surface area (Å²) in [4.78, 5) is 14.0. The molecule has 0 saturated heterocycles. The second-order valence-electron chi connectivity index (χ2n) is 3.30. The third-order valence-electron chi connectivity index (χ3n) is 1.66. The molecule has 6 radical (unpaired) electrons. The van der Waals surface area contributed by atoms with Crippen LogP contribution >= 0.6 is 0 Å². The zero-order valence-electron chi connectivity index (χ0n) is 17.0. The number of nitrogens with one attached hydrogen (secondary N) is 2. The van der Waals surface area contributed by atoms with E-state index in [4.69, 9.17) is 0 Å². The molecule has 0 bridgehead atoms. The maximum Gasteiger partial charge on any atom is 0.103 e. The van der Waals surface area contributed by atoms with Crippen molar-refractivity contribution >= 4 is 16.8 Å². The summed E-state index contributed by atoms with van der Waals surface area (Å²) >= 11 is 0. The second-order valence-corrected chi connectivity index (χ2v) is 3.30. The first kappa shape index (κ1) is 49.6.